The van der Waals surface area contributed by atoms with E-state index in [1.807, 2.05) is 48.5 Å². The van der Waals surface area contributed by atoms with Crippen LogP contribution < -0.4 is 4.74 Å². The molecule has 0 radical (unpaired) electrons. The fraction of sp³-hybridized carbons (Fsp3) is 0.192. The molecule has 0 saturated heterocycles. The van der Waals surface area contributed by atoms with Gasteiger partial charge < -0.3 is 18.6 Å². The molecule has 0 amide bonds. The fourth-order valence-corrected chi connectivity index (χ4v) is 3.55. The third kappa shape index (κ3) is 4.95. The summed E-state index contributed by atoms with van der Waals surface area (Å²) in [5.41, 5.74) is 3.94. The normalized spacial score (nSPS) is 11.0. The van der Waals surface area contributed by atoms with E-state index < -0.39 is 5.97 Å². The Balaban J connectivity index is 1.47. The second-order valence-corrected chi connectivity index (χ2v) is 7.15. The molecule has 0 bridgehead atoms. The quantitative estimate of drug-likeness (QED) is 0.345. The van der Waals surface area contributed by atoms with Gasteiger partial charge in [-0.25, -0.2) is 4.79 Å². The van der Waals surface area contributed by atoms with Crippen molar-refractivity contribution in [2.24, 2.45) is 0 Å². The van der Waals surface area contributed by atoms with Crippen LogP contribution in [0.25, 0.3) is 11.0 Å². The Hall–Kier alpha value is -3.57. The van der Waals surface area contributed by atoms with E-state index in [9.17, 15) is 4.79 Å². The van der Waals surface area contributed by atoms with Gasteiger partial charge in [0.2, 0.25) is 0 Å². The first-order valence-electron chi connectivity index (χ1n) is 10.1. The molecule has 4 aromatic rings. The number of benzene rings is 3. The SMILES string of the molecule is COC(=O)COc1cccc2c(COCC(c3ccccc3)c3ccccc3)coc12. The molecule has 1 heterocycles. The number of fused-ring (bicyclic) bond motifs is 1. The highest BCUT2D eigenvalue weighted by Gasteiger charge is 2.16. The average Bonchev–Trinajstić information content (AvgIpc) is 3.25. The molecule has 158 valence electrons. The minimum atomic E-state index is -0.444. The lowest BCUT2D eigenvalue weighted by Crippen LogP contribution is -2.12. The number of hydrogen-bond donors (Lipinski definition) is 0. The largest absolute Gasteiger partial charge is 0.478 e. The first kappa shape index (κ1) is 20.7. The van der Waals surface area contributed by atoms with Gasteiger partial charge in [0.1, 0.15) is 0 Å². The van der Waals surface area contributed by atoms with E-state index >= 15 is 0 Å². The van der Waals surface area contributed by atoms with Crippen LogP contribution in [0.2, 0.25) is 0 Å². The summed E-state index contributed by atoms with van der Waals surface area (Å²) in [6, 6.07) is 26.3. The second-order valence-electron chi connectivity index (χ2n) is 7.15. The van der Waals surface area contributed by atoms with Crippen molar-refractivity contribution in [3.63, 3.8) is 0 Å². The molecule has 0 spiro atoms. The zero-order valence-electron chi connectivity index (χ0n) is 17.3. The van der Waals surface area contributed by atoms with Crippen molar-refractivity contribution in [3.05, 3.63) is 102 Å². The van der Waals surface area contributed by atoms with E-state index in [1.54, 1.807) is 12.3 Å². The Morgan fingerprint density at radius 1 is 0.903 bits per heavy atom. The highest BCUT2D eigenvalue weighted by atomic mass is 16.6. The van der Waals surface area contributed by atoms with Gasteiger partial charge in [0.15, 0.2) is 17.9 Å². The molecule has 4 rings (SSSR count). The van der Waals surface area contributed by atoms with Crippen LogP contribution in [0.4, 0.5) is 0 Å². The summed E-state index contributed by atoms with van der Waals surface area (Å²) in [5.74, 6) is 0.195. The van der Waals surface area contributed by atoms with Crippen LogP contribution in [-0.2, 0) is 20.9 Å². The van der Waals surface area contributed by atoms with Crippen LogP contribution in [0.5, 0.6) is 5.75 Å². The van der Waals surface area contributed by atoms with Crippen LogP contribution >= 0.6 is 0 Å². The molecule has 0 aliphatic rings. The zero-order chi connectivity index (χ0) is 21.5. The van der Waals surface area contributed by atoms with Crippen molar-refractivity contribution in [1.29, 1.82) is 0 Å². The third-order valence-corrected chi connectivity index (χ3v) is 5.16. The maximum Gasteiger partial charge on any atom is 0.343 e. The molecule has 0 N–H and O–H groups in total. The van der Waals surface area contributed by atoms with Crippen molar-refractivity contribution in [3.8, 4) is 5.75 Å². The molecule has 31 heavy (non-hydrogen) atoms. The molecule has 5 nitrogen and oxygen atoms in total. The van der Waals surface area contributed by atoms with E-state index in [1.165, 1.54) is 18.2 Å². The van der Waals surface area contributed by atoms with Gasteiger partial charge in [0, 0.05) is 16.9 Å². The lowest BCUT2D eigenvalue weighted by molar-refractivity contribution is -0.142. The number of hydrogen-bond acceptors (Lipinski definition) is 5. The predicted octanol–water partition coefficient (Wildman–Crippen LogP) is 5.33. The Labute approximate surface area is 181 Å². The molecule has 5 heteroatoms. The van der Waals surface area contributed by atoms with E-state index in [0.717, 1.165) is 10.9 Å². The van der Waals surface area contributed by atoms with Gasteiger partial charge in [-0.2, -0.15) is 0 Å². The number of para-hydroxylation sites is 1. The minimum Gasteiger partial charge on any atom is -0.478 e. The number of ether oxygens (including phenoxy) is 3. The number of esters is 1. The zero-order valence-corrected chi connectivity index (χ0v) is 17.3. The predicted molar refractivity (Wildman–Crippen MR) is 118 cm³/mol. The van der Waals surface area contributed by atoms with Gasteiger partial charge in [-0.15, -0.1) is 0 Å². The van der Waals surface area contributed by atoms with Gasteiger partial charge in [-0.1, -0.05) is 72.8 Å². The molecule has 0 unspecified atom stereocenters. The Morgan fingerprint density at radius 3 is 2.23 bits per heavy atom. The molecule has 0 atom stereocenters. The van der Waals surface area contributed by atoms with Crippen molar-refractivity contribution < 1.29 is 23.4 Å². The molecular weight excluding hydrogens is 392 g/mol. The first-order chi connectivity index (χ1) is 15.3. The van der Waals surface area contributed by atoms with Crippen LogP contribution in [0.1, 0.15) is 22.6 Å². The molecule has 0 aliphatic heterocycles. The fourth-order valence-electron chi connectivity index (χ4n) is 3.55. The number of carbonyl (C=O) groups is 1. The lowest BCUT2D eigenvalue weighted by Gasteiger charge is -2.18. The topological polar surface area (TPSA) is 57.9 Å². The summed E-state index contributed by atoms with van der Waals surface area (Å²) < 4.78 is 22.0. The Morgan fingerprint density at radius 2 is 1.58 bits per heavy atom. The molecule has 1 aromatic heterocycles. The van der Waals surface area contributed by atoms with Gasteiger partial charge in [0.25, 0.3) is 0 Å². The van der Waals surface area contributed by atoms with E-state index in [2.05, 4.69) is 29.0 Å². The number of furan rings is 1. The second kappa shape index (κ2) is 9.96. The van der Waals surface area contributed by atoms with Crippen LogP contribution in [0, 0.1) is 0 Å². The Bertz CT molecular complexity index is 1080. The monoisotopic (exact) mass is 416 g/mol. The molecule has 3 aromatic carbocycles. The standard InChI is InChI=1S/C26H24O5/c1-28-25(27)18-30-24-14-8-13-22-21(16-31-26(22)24)15-29-17-23(19-9-4-2-5-10-19)20-11-6-3-7-12-20/h2-14,16,23H,15,17-18H2,1H3. The maximum atomic E-state index is 11.4. The number of rotatable bonds is 9. The van der Waals surface area contributed by atoms with Crippen molar-refractivity contribution >= 4 is 16.9 Å². The van der Waals surface area contributed by atoms with Crippen LogP contribution in [0.15, 0.2) is 89.5 Å². The van der Waals surface area contributed by atoms with E-state index in [4.69, 9.17) is 13.9 Å². The van der Waals surface area contributed by atoms with Gasteiger partial charge in [-0.05, 0) is 17.2 Å². The summed E-state index contributed by atoms with van der Waals surface area (Å²) in [7, 11) is 1.33. The lowest BCUT2D eigenvalue weighted by atomic mass is 9.92. The molecule has 0 aliphatic carbocycles. The summed E-state index contributed by atoms with van der Waals surface area (Å²) in [6.07, 6.45) is 1.68. The number of carbonyl (C=O) groups excluding carboxylic acids is 1. The van der Waals surface area contributed by atoms with Gasteiger partial charge >= 0.3 is 5.97 Å². The molecular formula is C26H24O5. The maximum absolute atomic E-state index is 11.4. The Kier molecular flexibility index (Phi) is 6.65. The van der Waals surface area contributed by atoms with Crippen molar-refractivity contribution in [1.82, 2.24) is 0 Å². The average molecular weight is 416 g/mol. The van der Waals surface area contributed by atoms with Crippen LogP contribution in [0.3, 0.4) is 0 Å². The third-order valence-electron chi connectivity index (χ3n) is 5.16. The first-order valence-corrected chi connectivity index (χ1v) is 10.1. The smallest absolute Gasteiger partial charge is 0.343 e. The van der Waals surface area contributed by atoms with E-state index in [-0.39, 0.29) is 12.5 Å². The van der Waals surface area contributed by atoms with Crippen LogP contribution in [-0.4, -0.2) is 26.3 Å². The van der Waals surface area contributed by atoms with Crippen molar-refractivity contribution in [2.45, 2.75) is 12.5 Å². The highest BCUT2D eigenvalue weighted by molar-refractivity contribution is 5.86. The minimum absolute atomic E-state index is 0.138. The highest BCUT2D eigenvalue weighted by Crippen LogP contribution is 2.31. The molecule has 0 fully saturated rings. The summed E-state index contributed by atoms with van der Waals surface area (Å²) in [6.45, 7) is 0.779. The summed E-state index contributed by atoms with van der Waals surface area (Å²) in [4.78, 5) is 11.4. The van der Waals surface area contributed by atoms with E-state index in [0.29, 0.717) is 24.5 Å². The van der Waals surface area contributed by atoms with Crippen molar-refractivity contribution in [2.75, 3.05) is 20.3 Å². The summed E-state index contributed by atoms with van der Waals surface area (Å²) >= 11 is 0. The van der Waals surface area contributed by atoms with Gasteiger partial charge in [-0.3, -0.25) is 0 Å². The summed E-state index contributed by atoms with van der Waals surface area (Å²) in [5, 5.41) is 0.901. The molecule has 0 saturated carbocycles. The van der Waals surface area contributed by atoms with Gasteiger partial charge in [0.05, 0.1) is 26.6 Å². The number of methoxy groups -OCH3 is 1.